The Hall–Kier alpha value is -1.98. The highest BCUT2D eigenvalue weighted by atomic mass is 15.3. The van der Waals surface area contributed by atoms with Gasteiger partial charge in [0.1, 0.15) is 17.8 Å². The van der Waals surface area contributed by atoms with Crippen molar-refractivity contribution in [3.05, 3.63) is 24.2 Å². The SMILES string of the molecule is CCCC1Nc2ncncc2-n2c(C)nnc21. The summed E-state index contributed by atoms with van der Waals surface area (Å²) in [6.07, 6.45) is 5.45. The maximum atomic E-state index is 4.27. The van der Waals surface area contributed by atoms with Crippen molar-refractivity contribution < 1.29 is 0 Å². The zero-order valence-electron chi connectivity index (χ0n) is 9.88. The van der Waals surface area contributed by atoms with Gasteiger partial charge < -0.3 is 5.32 Å². The van der Waals surface area contributed by atoms with Crippen LogP contribution in [0.15, 0.2) is 12.5 Å². The van der Waals surface area contributed by atoms with Gasteiger partial charge in [0, 0.05) is 0 Å². The van der Waals surface area contributed by atoms with Crippen LogP contribution in [-0.2, 0) is 0 Å². The highest BCUT2D eigenvalue weighted by Crippen LogP contribution is 2.32. The van der Waals surface area contributed by atoms with E-state index >= 15 is 0 Å². The number of nitrogens with one attached hydrogen (secondary N) is 1. The van der Waals surface area contributed by atoms with E-state index in [1.165, 1.54) is 0 Å². The topological polar surface area (TPSA) is 68.5 Å². The third kappa shape index (κ3) is 1.48. The zero-order chi connectivity index (χ0) is 11.8. The average Bonchev–Trinajstić information content (AvgIpc) is 2.73. The summed E-state index contributed by atoms with van der Waals surface area (Å²) >= 11 is 0. The number of rotatable bonds is 2. The molecule has 0 bridgehead atoms. The Balaban J connectivity index is 2.17. The molecule has 3 rings (SSSR count). The number of fused-ring (bicyclic) bond motifs is 3. The molecule has 0 aromatic carbocycles. The highest BCUT2D eigenvalue weighted by molar-refractivity contribution is 5.58. The number of hydrogen-bond donors (Lipinski definition) is 1. The van der Waals surface area contributed by atoms with Crippen molar-refractivity contribution in [2.75, 3.05) is 5.32 Å². The van der Waals surface area contributed by atoms with Gasteiger partial charge in [0.25, 0.3) is 0 Å². The molecule has 3 heterocycles. The second kappa shape index (κ2) is 3.80. The van der Waals surface area contributed by atoms with Crippen molar-refractivity contribution >= 4 is 5.82 Å². The van der Waals surface area contributed by atoms with E-state index in [9.17, 15) is 0 Å². The molecule has 2 aromatic rings. The molecule has 0 saturated heterocycles. The van der Waals surface area contributed by atoms with Crippen molar-refractivity contribution in [3.8, 4) is 5.69 Å². The van der Waals surface area contributed by atoms with E-state index in [2.05, 4.69) is 32.4 Å². The molecule has 17 heavy (non-hydrogen) atoms. The smallest absolute Gasteiger partial charge is 0.160 e. The Morgan fingerprint density at radius 1 is 1.41 bits per heavy atom. The average molecular weight is 230 g/mol. The van der Waals surface area contributed by atoms with E-state index in [0.717, 1.165) is 36.0 Å². The van der Waals surface area contributed by atoms with Crippen LogP contribution < -0.4 is 5.32 Å². The fourth-order valence-corrected chi connectivity index (χ4v) is 2.22. The maximum Gasteiger partial charge on any atom is 0.160 e. The summed E-state index contributed by atoms with van der Waals surface area (Å²) in [7, 11) is 0. The summed E-state index contributed by atoms with van der Waals surface area (Å²) in [5.74, 6) is 2.68. The maximum absolute atomic E-state index is 4.27. The van der Waals surface area contributed by atoms with E-state index in [0.29, 0.717) is 0 Å². The second-order valence-corrected chi connectivity index (χ2v) is 4.18. The number of aryl methyl sites for hydroxylation is 1. The normalized spacial score (nSPS) is 17.2. The quantitative estimate of drug-likeness (QED) is 0.849. The number of hydrogen-bond acceptors (Lipinski definition) is 5. The molecular formula is C11H14N6. The lowest BCUT2D eigenvalue weighted by Gasteiger charge is -2.26. The second-order valence-electron chi connectivity index (χ2n) is 4.18. The molecule has 0 fully saturated rings. The molecular weight excluding hydrogens is 216 g/mol. The molecule has 0 aliphatic carbocycles. The summed E-state index contributed by atoms with van der Waals surface area (Å²) < 4.78 is 2.03. The third-order valence-electron chi connectivity index (χ3n) is 2.98. The lowest BCUT2D eigenvalue weighted by molar-refractivity contribution is 0.607. The Morgan fingerprint density at radius 2 is 2.29 bits per heavy atom. The molecule has 1 aliphatic rings. The Kier molecular flexibility index (Phi) is 2.28. The van der Waals surface area contributed by atoms with Crippen LogP contribution in [0.2, 0.25) is 0 Å². The van der Waals surface area contributed by atoms with Gasteiger partial charge in [-0.05, 0) is 13.3 Å². The molecule has 1 aliphatic heterocycles. The van der Waals surface area contributed by atoms with Gasteiger partial charge in [-0.2, -0.15) is 0 Å². The first-order chi connectivity index (χ1) is 8.31. The van der Waals surface area contributed by atoms with Crippen LogP contribution in [0.25, 0.3) is 5.69 Å². The monoisotopic (exact) mass is 230 g/mol. The van der Waals surface area contributed by atoms with Crippen molar-refractivity contribution in [2.24, 2.45) is 0 Å². The van der Waals surface area contributed by atoms with Crippen molar-refractivity contribution in [1.82, 2.24) is 24.7 Å². The molecule has 1 atom stereocenters. The van der Waals surface area contributed by atoms with Crippen LogP contribution in [0.4, 0.5) is 5.82 Å². The fourth-order valence-electron chi connectivity index (χ4n) is 2.22. The van der Waals surface area contributed by atoms with E-state index in [4.69, 9.17) is 0 Å². The van der Waals surface area contributed by atoms with Crippen LogP contribution in [0.3, 0.4) is 0 Å². The summed E-state index contributed by atoms with van der Waals surface area (Å²) in [4.78, 5) is 8.33. The molecule has 1 unspecified atom stereocenters. The standard InChI is InChI=1S/C11H14N6/c1-3-4-8-11-16-15-7(2)17(11)9-5-12-6-13-10(9)14-8/h5-6,8H,3-4H2,1-2H3,(H,12,13,14). The van der Waals surface area contributed by atoms with Crippen LogP contribution in [0, 0.1) is 6.92 Å². The predicted octanol–water partition coefficient (Wildman–Crippen LogP) is 1.63. The fraction of sp³-hybridized carbons (Fsp3) is 0.455. The third-order valence-corrected chi connectivity index (χ3v) is 2.98. The van der Waals surface area contributed by atoms with Crippen LogP contribution in [0.1, 0.15) is 37.5 Å². The minimum Gasteiger partial charge on any atom is -0.358 e. The van der Waals surface area contributed by atoms with Crippen molar-refractivity contribution in [2.45, 2.75) is 32.7 Å². The molecule has 2 aromatic heterocycles. The minimum absolute atomic E-state index is 0.184. The van der Waals surface area contributed by atoms with Gasteiger partial charge >= 0.3 is 0 Å². The Bertz CT molecular complexity index is 547. The van der Waals surface area contributed by atoms with Crippen LogP contribution in [-0.4, -0.2) is 24.7 Å². The lowest BCUT2D eigenvalue weighted by Crippen LogP contribution is -2.23. The first-order valence-corrected chi connectivity index (χ1v) is 5.80. The predicted molar refractivity (Wildman–Crippen MR) is 63.0 cm³/mol. The molecule has 0 saturated carbocycles. The molecule has 6 heteroatoms. The molecule has 88 valence electrons. The van der Waals surface area contributed by atoms with Gasteiger partial charge in [-0.15, -0.1) is 10.2 Å². The summed E-state index contributed by atoms with van der Waals surface area (Å²) in [5, 5.41) is 11.8. The first kappa shape index (κ1) is 10.2. The van der Waals surface area contributed by atoms with Crippen LogP contribution in [0.5, 0.6) is 0 Å². The minimum atomic E-state index is 0.184. The van der Waals surface area contributed by atoms with Gasteiger partial charge in [-0.1, -0.05) is 13.3 Å². The van der Waals surface area contributed by atoms with Gasteiger partial charge in [-0.3, -0.25) is 4.57 Å². The molecule has 0 radical (unpaired) electrons. The van der Waals surface area contributed by atoms with E-state index < -0.39 is 0 Å². The van der Waals surface area contributed by atoms with Gasteiger partial charge in [0.2, 0.25) is 0 Å². The van der Waals surface area contributed by atoms with Gasteiger partial charge in [0.05, 0.1) is 12.2 Å². The van der Waals surface area contributed by atoms with Gasteiger partial charge in [-0.25, -0.2) is 9.97 Å². The van der Waals surface area contributed by atoms with Crippen LogP contribution >= 0.6 is 0 Å². The van der Waals surface area contributed by atoms with E-state index in [1.807, 2.05) is 11.5 Å². The van der Waals surface area contributed by atoms with Crippen molar-refractivity contribution in [1.29, 1.82) is 0 Å². The summed E-state index contributed by atoms with van der Waals surface area (Å²) in [5.41, 5.74) is 0.928. The number of nitrogens with zero attached hydrogens (tertiary/aromatic N) is 5. The first-order valence-electron chi connectivity index (χ1n) is 5.80. The molecule has 0 spiro atoms. The molecule has 0 amide bonds. The van der Waals surface area contributed by atoms with Gasteiger partial charge in [0.15, 0.2) is 11.6 Å². The Labute approximate surface area is 99.1 Å². The van der Waals surface area contributed by atoms with E-state index in [1.54, 1.807) is 12.5 Å². The summed E-state index contributed by atoms with van der Waals surface area (Å²) in [6, 6.07) is 0.184. The zero-order valence-corrected chi connectivity index (χ0v) is 9.88. The molecule has 6 nitrogen and oxygen atoms in total. The number of anilines is 1. The van der Waals surface area contributed by atoms with E-state index in [-0.39, 0.29) is 6.04 Å². The largest absolute Gasteiger partial charge is 0.358 e. The lowest BCUT2D eigenvalue weighted by atomic mass is 10.1. The molecule has 1 N–H and O–H groups in total. The summed E-state index contributed by atoms with van der Waals surface area (Å²) in [6.45, 7) is 4.10. The number of aromatic nitrogens is 5. The van der Waals surface area contributed by atoms with Crippen molar-refractivity contribution in [3.63, 3.8) is 0 Å². The Morgan fingerprint density at radius 3 is 3.12 bits per heavy atom. The highest BCUT2D eigenvalue weighted by Gasteiger charge is 2.27.